The molecule has 0 spiro atoms. The van der Waals surface area contributed by atoms with Crippen LogP contribution in [0.3, 0.4) is 0 Å². The SMILES string of the molecule is COC(=O)c1ccc2c(c1)C(=Cc1[nH]cc(CCC(=O)O)c1C)C(=O)N2. The van der Waals surface area contributed by atoms with Crippen molar-refractivity contribution in [3.05, 3.63) is 52.3 Å². The van der Waals surface area contributed by atoms with Crippen molar-refractivity contribution in [3.63, 3.8) is 0 Å². The maximum absolute atomic E-state index is 12.3. The van der Waals surface area contributed by atoms with Crippen LogP contribution in [0.25, 0.3) is 11.6 Å². The number of carbonyl (C=O) groups is 3. The molecule has 1 aliphatic heterocycles. The van der Waals surface area contributed by atoms with Crippen LogP contribution in [0.1, 0.15) is 39.2 Å². The van der Waals surface area contributed by atoms with Crippen LogP contribution in [-0.4, -0.2) is 35.0 Å². The molecule has 0 unspecified atom stereocenters. The molecule has 2 aromatic rings. The number of aliphatic carboxylic acids is 1. The van der Waals surface area contributed by atoms with Crippen molar-refractivity contribution in [2.75, 3.05) is 12.4 Å². The molecule has 7 nitrogen and oxygen atoms in total. The Morgan fingerprint density at radius 3 is 2.77 bits per heavy atom. The van der Waals surface area contributed by atoms with Crippen molar-refractivity contribution in [1.29, 1.82) is 0 Å². The molecule has 0 fully saturated rings. The molecule has 0 atom stereocenters. The van der Waals surface area contributed by atoms with E-state index in [4.69, 9.17) is 9.84 Å². The third-order valence-corrected chi connectivity index (χ3v) is 4.41. The van der Waals surface area contributed by atoms with Crippen LogP contribution < -0.4 is 5.32 Å². The molecule has 0 radical (unpaired) electrons. The molecular weight excluding hydrogens is 336 g/mol. The smallest absolute Gasteiger partial charge is 0.337 e. The summed E-state index contributed by atoms with van der Waals surface area (Å²) in [6.07, 6.45) is 3.92. The summed E-state index contributed by atoms with van der Waals surface area (Å²) >= 11 is 0. The number of H-pyrrole nitrogens is 1. The molecule has 1 aromatic heterocycles. The number of hydrogen-bond acceptors (Lipinski definition) is 4. The summed E-state index contributed by atoms with van der Waals surface area (Å²) in [6.45, 7) is 1.87. The molecule has 7 heteroatoms. The highest BCUT2D eigenvalue weighted by Crippen LogP contribution is 2.34. The number of methoxy groups -OCH3 is 1. The van der Waals surface area contributed by atoms with E-state index in [-0.39, 0.29) is 12.3 Å². The lowest BCUT2D eigenvalue weighted by Gasteiger charge is -2.03. The molecule has 26 heavy (non-hydrogen) atoms. The van der Waals surface area contributed by atoms with Crippen molar-refractivity contribution < 1.29 is 24.2 Å². The normalized spacial score (nSPS) is 14.2. The van der Waals surface area contributed by atoms with Crippen LogP contribution in [0.15, 0.2) is 24.4 Å². The van der Waals surface area contributed by atoms with E-state index in [1.807, 2.05) is 6.92 Å². The highest BCUT2D eigenvalue weighted by atomic mass is 16.5. The number of anilines is 1. The third-order valence-electron chi connectivity index (χ3n) is 4.41. The molecular formula is C19H18N2O5. The number of amides is 1. The van der Waals surface area contributed by atoms with Gasteiger partial charge in [-0.2, -0.15) is 0 Å². The number of hydrogen-bond donors (Lipinski definition) is 3. The van der Waals surface area contributed by atoms with E-state index >= 15 is 0 Å². The standard InChI is InChI=1S/C19H18N2O5/c1-10-12(4-6-17(22)23)9-20-16(10)8-14-13-7-11(19(25)26-2)3-5-15(13)21-18(14)24/h3,5,7-9,20H,4,6H2,1-2H3,(H,21,24)(H,22,23). The Morgan fingerprint density at radius 1 is 1.31 bits per heavy atom. The summed E-state index contributed by atoms with van der Waals surface area (Å²) in [5, 5.41) is 11.6. The molecule has 134 valence electrons. The number of fused-ring (bicyclic) bond motifs is 1. The molecule has 0 saturated heterocycles. The van der Waals surface area contributed by atoms with Crippen LogP contribution in [0.2, 0.25) is 0 Å². The van der Waals surface area contributed by atoms with Gasteiger partial charge in [0.15, 0.2) is 0 Å². The van der Waals surface area contributed by atoms with Gasteiger partial charge in [0, 0.05) is 29.6 Å². The zero-order valence-corrected chi connectivity index (χ0v) is 14.4. The van der Waals surface area contributed by atoms with E-state index in [1.165, 1.54) is 7.11 Å². The lowest BCUT2D eigenvalue weighted by Crippen LogP contribution is -2.03. The van der Waals surface area contributed by atoms with Crippen molar-refractivity contribution in [1.82, 2.24) is 4.98 Å². The average Bonchev–Trinajstić information content (AvgIpc) is 3.12. The average molecular weight is 354 g/mol. The van der Waals surface area contributed by atoms with Gasteiger partial charge in [-0.3, -0.25) is 9.59 Å². The Hall–Kier alpha value is -3.35. The van der Waals surface area contributed by atoms with E-state index in [0.29, 0.717) is 28.8 Å². The van der Waals surface area contributed by atoms with Crippen molar-refractivity contribution in [2.24, 2.45) is 0 Å². The topological polar surface area (TPSA) is 108 Å². The highest BCUT2D eigenvalue weighted by Gasteiger charge is 2.26. The first-order chi connectivity index (χ1) is 12.4. The van der Waals surface area contributed by atoms with E-state index in [2.05, 4.69) is 10.3 Å². The lowest BCUT2D eigenvalue weighted by atomic mass is 10.0. The van der Waals surface area contributed by atoms with Gasteiger partial charge in [0.25, 0.3) is 5.91 Å². The van der Waals surface area contributed by atoms with Crippen LogP contribution >= 0.6 is 0 Å². The Balaban J connectivity index is 1.97. The van der Waals surface area contributed by atoms with Crippen LogP contribution in [0.4, 0.5) is 5.69 Å². The lowest BCUT2D eigenvalue weighted by molar-refractivity contribution is -0.137. The number of benzene rings is 1. The number of ether oxygens (including phenoxy) is 1. The molecule has 1 amide bonds. The first-order valence-corrected chi connectivity index (χ1v) is 8.05. The number of aromatic nitrogens is 1. The van der Waals surface area contributed by atoms with Crippen molar-refractivity contribution in [3.8, 4) is 0 Å². The van der Waals surface area contributed by atoms with Gasteiger partial charge in [0.05, 0.1) is 18.2 Å². The number of carboxylic acid groups (broad SMARTS) is 1. The Bertz CT molecular complexity index is 939. The van der Waals surface area contributed by atoms with E-state index in [9.17, 15) is 14.4 Å². The maximum atomic E-state index is 12.3. The molecule has 0 bridgehead atoms. The fourth-order valence-corrected chi connectivity index (χ4v) is 2.93. The molecule has 0 saturated carbocycles. The second-order valence-electron chi connectivity index (χ2n) is 6.01. The summed E-state index contributed by atoms with van der Waals surface area (Å²) in [6, 6.07) is 4.88. The van der Waals surface area contributed by atoms with E-state index in [0.717, 1.165) is 16.8 Å². The van der Waals surface area contributed by atoms with Gasteiger partial charge in [-0.15, -0.1) is 0 Å². The number of nitrogens with one attached hydrogen (secondary N) is 2. The molecule has 2 heterocycles. The summed E-state index contributed by atoms with van der Waals surface area (Å²) in [5.74, 6) is -1.59. The largest absolute Gasteiger partial charge is 0.481 e. The molecule has 3 N–H and O–H groups in total. The maximum Gasteiger partial charge on any atom is 0.337 e. The van der Waals surface area contributed by atoms with Gasteiger partial charge in [0.1, 0.15) is 0 Å². The Morgan fingerprint density at radius 2 is 2.08 bits per heavy atom. The fraction of sp³-hybridized carbons (Fsp3) is 0.211. The minimum atomic E-state index is -0.857. The first-order valence-electron chi connectivity index (χ1n) is 8.05. The van der Waals surface area contributed by atoms with Gasteiger partial charge in [0.2, 0.25) is 0 Å². The highest BCUT2D eigenvalue weighted by molar-refractivity contribution is 6.35. The number of carboxylic acids is 1. The van der Waals surface area contributed by atoms with E-state index in [1.54, 1.807) is 30.5 Å². The fourth-order valence-electron chi connectivity index (χ4n) is 2.93. The second-order valence-corrected chi connectivity index (χ2v) is 6.01. The minimum Gasteiger partial charge on any atom is -0.481 e. The van der Waals surface area contributed by atoms with Crippen molar-refractivity contribution in [2.45, 2.75) is 19.8 Å². The summed E-state index contributed by atoms with van der Waals surface area (Å²) in [5.41, 5.74) is 4.56. The predicted molar refractivity (Wildman–Crippen MR) is 95.8 cm³/mol. The summed E-state index contributed by atoms with van der Waals surface area (Å²) < 4.78 is 4.73. The first kappa shape index (κ1) is 17.5. The molecule has 1 aliphatic rings. The van der Waals surface area contributed by atoms with E-state index < -0.39 is 11.9 Å². The Kier molecular flexibility index (Phi) is 4.62. The monoisotopic (exact) mass is 354 g/mol. The van der Waals surface area contributed by atoms with Crippen LogP contribution in [0.5, 0.6) is 0 Å². The van der Waals surface area contributed by atoms with Gasteiger partial charge in [-0.1, -0.05) is 0 Å². The van der Waals surface area contributed by atoms with Gasteiger partial charge in [-0.05, 0) is 48.7 Å². The van der Waals surface area contributed by atoms with Crippen LogP contribution in [-0.2, 0) is 20.7 Å². The van der Waals surface area contributed by atoms with Gasteiger partial charge < -0.3 is 20.1 Å². The number of aryl methyl sites for hydroxylation is 1. The number of aromatic amines is 1. The second kappa shape index (κ2) is 6.87. The number of esters is 1. The molecule has 1 aromatic carbocycles. The quantitative estimate of drug-likeness (QED) is 0.565. The predicted octanol–water partition coefficient (Wildman–Crippen LogP) is 2.62. The molecule has 3 rings (SSSR count). The number of rotatable bonds is 5. The number of carbonyl (C=O) groups excluding carboxylic acids is 2. The van der Waals surface area contributed by atoms with Gasteiger partial charge >= 0.3 is 11.9 Å². The third kappa shape index (κ3) is 3.23. The molecule has 0 aliphatic carbocycles. The zero-order valence-electron chi connectivity index (χ0n) is 14.4. The van der Waals surface area contributed by atoms with Crippen LogP contribution in [0, 0.1) is 6.92 Å². The summed E-state index contributed by atoms with van der Waals surface area (Å²) in [4.78, 5) is 37.9. The minimum absolute atomic E-state index is 0.0422. The Labute approximate surface area is 149 Å². The summed E-state index contributed by atoms with van der Waals surface area (Å²) in [7, 11) is 1.30. The zero-order chi connectivity index (χ0) is 18.8. The van der Waals surface area contributed by atoms with Gasteiger partial charge in [-0.25, -0.2) is 4.79 Å². The van der Waals surface area contributed by atoms with Crippen molar-refractivity contribution >= 4 is 35.2 Å².